The fourth-order valence-corrected chi connectivity index (χ4v) is 3.11. The molecular formula is C15H19N7O2S. The van der Waals surface area contributed by atoms with Crippen LogP contribution in [0.1, 0.15) is 5.69 Å². The fourth-order valence-electron chi connectivity index (χ4n) is 2.41. The summed E-state index contributed by atoms with van der Waals surface area (Å²) < 4.78 is 0. The molecule has 0 spiro atoms. The molecule has 0 aliphatic carbocycles. The Balaban J connectivity index is 1.41. The molecule has 0 bridgehead atoms. The monoisotopic (exact) mass is 361 g/mol. The van der Waals surface area contributed by atoms with Crippen molar-refractivity contribution in [1.29, 1.82) is 0 Å². The number of carbonyl (C=O) groups excluding carboxylic acids is 2. The Morgan fingerprint density at radius 1 is 1.20 bits per heavy atom. The Hall–Kier alpha value is -2.75. The van der Waals surface area contributed by atoms with Crippen LogP contribution in [-0.4, -0.2) is 64.5 Å². The van der Waals surface area contributed by atoms with Crippen LogP contribution in [0.15, 0.2) is 23.8 Å². The SMILES string of the molecule is Cc1csc(NC(=O)CNC(=O)N2CCN(c3ncccn3)CC2)n1. The topological polar surface area (TPSA) is 103 Å². The third-order valence-corrected chi connectivity index (χ3v) is 4.54. The maximum absolute atomic E-state index is 12.2. The molecule has 1 aliphatic rings. The molecule has 2 aromatic heterocycles. The van der Waals surface area contributed by atoms with Gasteiger partial charge in [-0.05, 0) is 13.0 Å². The minimum Gasteiger partial charge on any atom is -0.337 e. The number of rotatable bonds is 4. The van der Waals surface area contributed by atoms with E-state index in [0.29, 0.717) is 37.3 Å². The molecule has 3 heterocycles. The Labute approximate surface area is 149 Å². The molecule has 25 heavy (non-hydrogen) atoms. The zero-order valence-corrected chi connectivity index (χ0v) is 14.6. The number of hydrogen-bond donors (Lipinski definition) is 2. The number of nitrogens with one attached hydrogen (secondary N) is 2. The van der Waals surface area contributed by atoms with Crippen LogP contribution in [0.5, 0.6) is 0 Å². The van der Waals surface area contributed by atoms with E-state index in [4.69, 9.17) is 0 Å². The van der Waals surface area contributed by atoms with Crippen LogP contribution >= 0.6 is 11.3 Å². The van der Waals surface area contributed by atoms with Crippen molar-refractivity contribution in [2.45, 2.75) is 6.92 Å². The Bertz CT molecular complexity index is 728. The van der Waals surface area contributed by atoms with Crippen LogP contribution in [0.4, 0.5) is 15.9 Å². The van der Waals surface area contributed by atoms with Crippen molar-refractivity contribution in [2.75, 3.05) is 42.9 Å². The Kier molecular flexibility index (Phi) is 5.39. The van der Waals surface area contributed by atoms with Gasteiger partial charge in [0.15, 0.2) is 5.13 Å². The van der Waals surface area contributed by atoms with Gasteiger partial charge in [0.25, 0.3) is 0 Å². The average molecular weight is 361 g/mol. The highest BCUT2D eigenvalue weighted by molar-refractivity contribution is 7.13. The first-order valence-electron chi connectivity index (χ1n) is 7.88. The van der Waals surface area contributed by atoms with E-state index in [1.165, 1.54) is 11.3 Å². The van der Waals surface area contributed by atoms with Gasteiger partial charge in [-0.1, -0.05) is 0 Å². The number of aryl methyl sites for hydroxylation is 1. The lowest BCUT2D eigenvalue weighted by Crippen LogP contribution is -2.53. The fraction of sp³-hybridized carbons (Fsp3) is 0.400. The van der Waals surface area contributed by atoms with Crippen LogP contribution in [0, 0.1) is 6.92 Å². The largest absolute Gasteiger partial charge is 0.337 e. The second kappa shape index (κ2) is 7.88. The molecule has 0 radical (unpaired) electrons. The zero-order valence-electron chi connectivity index (χ0n) is 13.8. The Morgan fingerprint density at radius 3 is 2.56 bits per heavy atom. The summed E-state index contributed by atoms with van der Waals surface area (Å²) in [7, 11) is 0. The molecule has 0 aromatic carbocycles. The molecule has 0 saturated carbocycles. The number of anilines is 2. The minimum absolute atomic E-state index is 0.0839. The highest BCUT2D eigenvalue weighted by Gasteiger charge is 2.22. The Morgan fingerprint density at radius 2 is 1.92 bits per heavy atom. The standard InChI is InChI=1S/C15H19N7O2S/c1-11-10-25-14(19-11)20-12(23)9-18-15(24)22-7-5-21(6-8-22)13-16-3-2-4-17-13/h2-4,10H,5-9H2,1H3,(H,18,24)(H,19,20,23). The zero-order chi connectivity index (χ0) is 17.6. The van der Waals surface area contributed by atoms with E-state index in [9.17, 15) is 9.59 Å². The third kappa shape index (κ3) is 4.63. The van der Waals surface area contributed by atoms with Gasteiger partial charge in [-0.15, -0.1) is 11.3 Å². The van der Waals surface area contributed by atoms with Crippen molar-refractivity contribution >= 4 is 34.4 Å². The van der Waals surface area contributed by atoms with Crippen molar-refractivity contribution in [3.8, 4) is 0 Å². The van der Waals surface area contributed by atoms with Crippen LogP contribution in [0.2, 0.25) is 0 Å². The van der Waals surface area contributed by atoms with Crippen LogP contribution in [0.25, 0.3) is 0 Å². The first kappa shape index (κ1) is 17.1. The first-order chi connectivity index (χ1) is 12.1. The number of hydrogen-bond acceptors (Lipinski definition) is 7. The molecule has 0 atom stereocenters. The summed E-state index contributed by atoms with van der Waals surface area (Å²) >= 11 is 1.35. The molecule has 2 aromatic rings. The molecule has 132 valence electrons. The van der Waals surface area contributed by atoms with Gasteiger partial charge in [-0.2, -0.15) is 0 Å². The molecule has 10 heteroatoms. The lowest BCUT2D eigenvalue weighted by molar-refractivity contribution is -0.115. The van der Waals surface area contributed by atoms with Crippen molar-refractivity contribution < 1.29 is 9.59 Å². The minimum atomic E-state index is -0.293. The number of piperazine rings is 1. The van der Waals surface area contributed by atoms with E-state index in [0.717, 1.165) is 5.69 Å². The van der Waals surface area contributed by atoms with Crippen molar-refractivity contribution in [3.63, 3.8) is 0 Å². The third-order valence-electron chi connectivity index (χ3n) is 3.67. The summed E-state index contributed by atoms with van der Waals surface area (Å²) in [6, 6.07) is 1.52. The number of thiazole rings is 1. The average Bonchev–Trinajstić information content (AvgIpc) is 3.05. The van der Waals surface area contributed by atoms with Gasteiger partial charge in [-0.25, -0.2) is 19.7 Å². The van der Waals surface area contributed by atoms with E-state index >= 15 is 0 Å². The summed E-state index contributed by atoms with van der Waals surface area (Å²) in [6.45, 7) is 4.19. The highest BCUT2D eigenvalue weighted by atomic mass is 32.1. The highest BCUT2D eigenvalue weighted by Crippen LogP contribution is 2.14. The predicted octanol–water partition coefficient (Wildman–Crippen LogP) is 0.712. The lowest BCUT2D eigenvalue weighted by Gasteiger charge is -2.34. The van der Waals surface area contributed by atoms with Crippen molar-refractivity contribution in [1.82, 2.24) is 25.2 Å². The summed E-state index contributed by atoms with van der Waals surface area (Å²) in [4.78, 5) is 40.3. The number of aromatic nitrogens is 3. The number of carbonyl (C=O) groups is 2. The van der Waals surface area contributed by atoms with E-state index < -0.39 is 0 Å². The second-order valence-electron chi connectivity index (χ2n) is 5.52. The van der Waals surface area contributed by atoms with Crippen molar-refractivity contribution in [2.24, 2.45) is 0 Å². The number of urea groups is 1. The molecule has 2 N–H and O–H groups in total. The first-order valence-corrected chi connectivity index (χ1v) is 8.76. The second-order valence-corrected chi connectivity index (χ2v) is 6.38. The molecule has 0 unspecified atom stereocenters. The molecular weight excluding hydrogens is 342 g/mol. The number of nitrogens with zero attached hydrogens (tertiary/aromatic N) is 5. The predicted molar refractivity (Wildman–Crippen MR) is 94.7 cm³/mol. The molecule has 1 fully saturated rings. The van der Waals surface area contributed by atoms with E-state index in [1.54, 1.807) is 23.4 Å². The molecule has 9 nitrogen and oxygen atoms in total. The molecule has 3 amide bonds. The van der Waals surface area contributed by atoms with Crippen LogP contribution in [-0.2, 0) is 4.79 Å². The quantitative estimate of drug-likeness (QED) is 0.831. The molecule has 1 saturated heterocycles. The van der Waals surface area contributed by atoms with Crippen LogP contribution < -0.4 is 15.5 Å². The van der Waals surface area contributed by atoms with Gasteiger partial charge in [0.2, 0.25) is 11.9 Å². The summed E-state index contributed by atoms with van der Waals surface area (Å²) in [5.41, 5.74) is 0.851. The van der Waals surface area contributed by atoms with Crippen molar-refractivity contribution in [3.05, 3.63) is 29.5 Å². The van der Waals surface area contributed by atoms with E-state index in [-0.39, 0.29) is 18.5 Å². The van der Waals surface area contributed by atoms with E-state index in [1.807, 2.05) is 17.2 Å². The molecule has 1 aliphatic heterocycles. The maximum Gasteiger partial charge on any atom is 0.317 e. The number of amides is 3. The van der Waals surface area contributed by atoms with Gasteiger partial charge >= 0.3 is 6.03 Å². The van der Waals surface area contributed by atoms with E-state index in [2.05, 4.69) is 25.6 Å². The normalized spacial score (nSPS) is 14.3. The van der Waals surface area contributed by atoms with Gasteiger partial charge in [0, 0.05) is 44.0 Å². The lowest BCUT2D eigenvalue weighted by atomic mass is 10.3. The summed E-state index contributed by atoms with van der Waals surface area (Å²) in [5.74, 6) is 0.375. The van der Waals surface area contributed by atoms with Gasteiger partial charge in [-0.3, -0.25) is 4.79 Å². The van der Waals surface area contributed by atoms with Crippen LogP contribution in [0.3, 0.4) is 0 Å². The van der Waals surface area contributed by atoms with Gasteiger partial charge < -0.3 is 20.4 Å². The molecule has 3 rings (SSSR count). The van der Waals surface area contributed by atoms with Gasteiger partial charge in [0.1, 0.15) is 0 Å². The summed E-state index contributed by atoms with van der Waals surface area (Å²) in [6.07, 6.45) is 3.40. The smallest absolute Gasteiger partial charge is 0.317 e. The van der Waals surface area contributed by atoms with Gasteiger partial charge in [0.05, 0.1) is 12.2 Å². The summed E-state index contributed by atoms with van der Waals surface area (Å²) in [5, 5.41) is 7.68. The maximum atomic E-state index is 12.2.